The van der Waals surface area contributed by atoms with Gasteiger partial charge in [-0.15, -0.1) is 0 Å². The molecule has 0 saturated heterocycles. The molecule has 0 aliphatic heterocycles. The second kappa shape index (κ2) is 8.78. The average molecular weight is 397 g/mol. The Morgan fingerprint density at radius 3 is 2.35 bits per heavy atom. The molecule has 0 aliphatic rings. The number of hydrogen-bond donors (Lipinski definition) is 1. The van der Waals surface area contributed by atoms with E-state index in [0.29, 0.717) is 32.9 Å². The Bertz CT molecular complexity index is 827. The fourth-order valence-corrected chi connectivity index (χ4v) is 2.59. The molecule has 1 N–H and O–H groups in total. The van der Waals surface area contributed by atoms with Crippen LogP contribution >= 0.6 is 23.2 Å². The van der Waals surface area contributed by atoms with E-state index in [1.54, 1.807) is 30.3 Å². The minimum absolute atomic E-state index is 0.209. The molecule has 2 aromatic rings. The summed E-state index contributed by atoms with van der Waals surface area (Å²) in [5.41, 5.74) is 0.911. The van der Waals surface area contributed by atoms with Gasteiger partial charge in [-0.05, 0) is 30.3 Å². The Labute approximate surface area is 161 Å². The summed E-state index contributed by atoms with van der Waals surface area (Å²) < 4.78 is 10.5. The number of carbonyl (C=O) groups excluding carboxylic acids is 2. The fraction of sp³-hybridized carbons (Fsp3) is 0.222. The van der Waals surface area contributed by atoms with Crippen LogP contribution in [-0.4, -0.2) is 32.6 Å². The molecule has 0 aliphatic carbocycles. The number of ether oxygens (including phenoxy) is 2. The summed E-state index contributed by atoms with van der Waals surface area (Å²) in [6.45, 7) is 1.16. The maximum absolute atomic E-state index is 12.4. The molecule has 138 valence electrons. The minimum Gasteiger partial charge on any atom is -0.497 e. The second-order valence-corrected chi connectivity index (χ2v) is 6.13. The number of amides is 2. The predicted octanol–water partition coefficient (Wildman–Crippen LogP) is 4.00. The number of rotatable bonds is 6. The number of carbonyl (C=O) groups is 2. The van der Waals surface area contributed by atoms with E-state index < -0.39 is 5.91 Å². The van der Waals surface area contributed by atoms with Gasteiger partial charge in [-0.25, -0.2) is 0 Å². The summed E-state index contributed by atoms with van der Waals surface area (Å²) in [4.78, 5) is 25.8. The standard InChI is InChI=1S/C18H18Cl2N2O4/c1-11(23)22(16-9-13(25-2)5-7-17(16)26-3)10-18(24)21-12-4-6-14(19)15(20)8-12/h4-9H,10H2,1-3H3,(H,21,24). The summed E-state index contributed by atoms with van der Waals surface area (Å²) in [6, 6.07) is 9.74. The molecule has 2 amide bonds. The summed E-state index contributed by atoms with van der Waals surface area (Å²) >= 11 is 11.8. The van der Waals surface area contributed by atoms with Crippen LogP contribution in [0.3, 0.4) is 0 Å². The third-order valence-corrected chi connectivity index (χ3v) is 4.30. The highest BCUT2D eigenvalue weighted by Gasteiger charge is 2.20. The van der Waals surface area contributed by atoms with Gasteiger partial charge in [0.05, 0.1) is 30.0 Å². The minimum atomic E-state index is -0.400. The molecule has 0 spiro atoms. The van der Waals surface area contributed by atoms with Gasteiger partial charge in [-0.2, -0.15) is 0 Å². The smallest absolute Gasteiger partial charge is 0.244 e. The maximum Gasteiger partial charge on any atom is 0.244 e. The van der Waals surface area contributed by atoms with Crippen molar-refractivity contribution >= 4 is 46.4 Å². The molecular weight excluding hydrogens is 379 g/mol. The third kappa shape index (κ3) is 4.80. The summed E-state index contributed by atoms with van der Waals surface area (Å²) in [5, 5.41) is 3.39. The van der Waals surface area contributed by atoms with Crippen LogP contribution in [-0.2, 0) is 9.59 Å². The molecule has 0 heterocycles. The van der Waals surface area contributed by atoms with Crippen LogP contribution in [0.1, 0.15) is 6.92 Å². The van der Waals surface area contributed by atoms with Gasteiger partial charge >= 0.3 is 0 Å². The number of methoxy groups -OCH3 is 2. The number of anilines is 2. The summed E-state index contributed by atoms with van der Waals surface area (Å²) in [6.07, 6.45) is 0. The van der Waals surface area contributed by atoms with Gasteiger partial charge in [0.2, 0.25) is 11.8 Å². The maximum atomic E-state index is 12.4. The fourth-order valence-electron chi connectivity index (χ4n) is 2.29. The van der Waals surface area contributed by atoms with Gasteiger partial charge in [0.1, 0.15) is 18.0 Å². The zero-order chi connectivity index (χ0) is 19.3. The molecule has 0 bridgehead atoms. The van der Waals surface area contributed by atoms with E-state index in [4.69, 9.17) is 32.7 Å². The van der Waals surface area contributed by atoms with E-state index in [2.05, 4.69) is 5.32 Å². The first kappa shape index (κ1) is 19.9. The molecule has 6 nitrogen and oxygen atoms in total. The van der Waals surface area contributed by atoms with Gasteiger partial charge < -0.3 is 14.8 Å². The molecule has 2 aromatic carbocycles. The number of nitrogens with zero attached hydrogens (tertiary/aromatic N) is 1. The normalized spacial score (nSPS) is 10.2. The predicted molar refractivity (Wildman–Crippen MR) is 103 cm³/mol. The molecule has 0 atom stereocenters. The van der Waals surface area contributed by atoms with Crippen LogP contribution in [0.15, 0.2) is 36.4 Å². The summed E-state index contributed by atoms with van der Waals surface area (Å²) in [5.74, 6) is 0.268. The lowest BCUT2D eigenvalue weighted by Crippen LogP contribution is -2.37. The van der Waals surface area contributed by atoms with E-state index in [9.17, 15) is 9.59 Å². The highest BCUT2D eigenvalue weighted by Crippen LogP contribution is 2.32. The molecule has 0 fully saturated rings. The van der Waals surface area contributed by atoms with Gasteiger partial charge in [0, 0.05) is 18.7 Å². The molecule has 2 rings (SSSR count). The molecule has 0 saturated carbocycles. The molecule has 0 unspecified atom stereocenters. The van der Waals surface area contributed by atoms with Crippen LogP contribution in [0, 0.1) is 0 Å². The molecular formula is C18H18Cl2N2O4. The first-order chi connectivity index (χ1) is 12.3. The van der Waals surface area contributed by atoms with E-state index in [1.165, 1.54) is 32.1 Å². The van der Waals surface area contributed by atoms with Crippen LogP contribution in [0.4, 0.5) is 11.4 Å². The molecule has 8 heteroatoms. The van der Waals surface area contributed by atoms with Gasteiger partial charge in [-0.3, -0.25) is 14.5 Å². The first-order valence-corrected chi connectivity index (χ1v) is 8.36. The lowest BCUT2D eigenvalue weighted by atomic mass is 10.2. The number of hydrogen-bond acceptors (Lipinski definition) is 4. The Balaban J connectivity index is 2.24. The SMILES string of the molecule is COc1ccc(OC)c(N(CC(=O)Nc2ccc(Cl)c(Cl)c2)C(C)=O)c1. The molecule has 0 radical (unpaired) electrons. The van der Waals surface area contributed by atoms with Gasteiger partial charge in [-0.1, -0.05) is 23.2 Å². The monoisotopic (exact) mass is 396 g/mol. The Kier molecular flexibility index (Phi) is 6.71. The van der Waals surface area contributed by atoms with Crippen molar-refractivity contribution in [3.05, 3.63) is 46.4 Å². The van der Waals surface area contributed by atoms with Gasteiger partial charge in [0.25, 0.3) is 0 Å². The van der Waals surface area contributed by atoms with Crippen molar-refractivity contribution in [2.75, 3.05) is 31.0 Å². The summed E-state index contributed by atoms with van der Waals surface area (Å²) in [7, 11) is 3.00. The van der Waals surface area contributed by atoms with Crippen LogP contribution in [0.2, 0.25) is 10.0 Å². The average Bonchev–Trinajstić information content (AvgIpc) is 2.62. The van der Waals surface area contributed by atoms with Crippen molar-refractivity contribution in [1.29, 1.82) is 0 Å². The van der Waals surface area contributed by atoms with E-state index in [-0.39, 0.29) is 12.5 Å². The third-order valence-electron chi connectivity index (χ3n) is 3.56. The van der Waals surface area contributed by atoms with Crippen molar-refractivity contribution in [3.63, 3.8) is 0 Å². The second-order valence-electron chi connectivity index (χ2n) is 5.32. The Morgan fingerprint density at radius 2 is 1.77 bits per heavy atom. The number of halogens is 2. The van der Waals surface area contributed by atoms with Crippen molar-refractivity contribution in [1.82, 2.24) is 0 Å². The van der Waals surface area contributed by atoms with E-state index >= 15 is 0 Å². The number of nitrogens with one attached hydrogen (secondary N) is 1. The van der Waals surface area contributed by atoms with Crippen molar-refractivity contribution in [2.45, 2.75) is 6.92 Å². The van der Waals surface area contributed by atoms with Crippen LogP contribution in [0.25, 0.3) is 0 Å². The topological polar surface area (TPSA) is 67.9 Å². The highest BCUT2D eigenvalue weighted by molar-refractivity contribution is 6.42. The zero-order valence-electron chi connectivity index (χ0n) is 14.5. The quantitative estimate of drug-likeness (QED) is 0.800. The first-order valence-electron chi connectivity index (χ1n) is 7.60. The van der Waals surface area contributed by atoms with Gasteiger partial charge in [0.15, 0.2) is 0 Å². The molecule has 0 aromatic heterocycles. The van der Waals surface area contributed by atoms with Crippen molar-refractivity contribution < 1.29 is 19.1 Å². The Hall–Kier alpha value is -2.44. The van der Waals surface area contributed by atoms with Crippen molar-refractivity contribution in [3.8, 4) is 11.5 Å². The highest BCUT2D eigenvalue weighted by atomic mass is 35.5. The van der Waals surface area contributed by atoms with E-state index in [0.717, 1.165) is 0 Å². The van der Waals surface area contributed by atoms with Crippen LogP contribution in [0.5, 0.6) is 11.5 Å². The lowest BCUT2D eigenvalue weighted by Gasteiger charge is -2.23. The lowest BCUT2D eigenvalue weighted by molar-refractivity contribution is -0.120. The van der Waals surface area contributed by atoms with Crippen LogP contribution < -0.4 is 19.7 Å². The van der Waals surface area contributed by atoms with Crippen molar-refractivity contribution in [2.24, 2.45) is 0 Å². The zero-order valence-corrected chi connectivity index (χ0v) is 16.0. The Morgan fingerprint density at radius 1 is 1.04 bits per heavy atom. The number of benzene rings is 2. The van der Waals surface area contributed by atoms with E-state index in [1.807, 2.05) is 0 Å². The largest absolute Gasteiger partial charge is 0.497 e. The molecule has 26 heavy (non-hydrogen) atoms.